The molecule has 0 radical (unpaired) electrons. The molecule has 2 fully saturated rings. The maximum Gasteiger partial charge on any atom is 0.316 e. The van der Waals surface area contributed by atoms with Crippen LogP contribution in [0.4, 0.5) is 0 Å². The van der Waals surface area contributed by atoms with Crippen molar-refractivity contribution in [2.24, 2.45) is 10.4 Å². The van der Waals surface area contributed by atoms with Crippen LogP contribution in [0.3, 0.4) is 0 Å². The maximum absolute atomic E-state index is 13.8. The molecule has 2 saturated heterocycles. The van der Waals surface area contributed by atoms with Gasteiger partial charge in [0.1, 0.15) is 5.37 Å². The molecule has 2 heterocycles. The van der Waals surface area contributed by atoms with Gasteiger partial charge in [0.05, 0.1) is 5.41 Å². The summed E-state index contributed by atoms with van der Waals surface area (Å²) >= 11 is 1.60. The average molecular weight is 497 g/mol. The van der Waals surface area contributed by atoms with Gasteiger partial charge in [-0.3, -0.25) is 14.6 Å². The molecule has 2 unspecified atom stereocenters. The van der Waals surface area contributed by atoms with Gasteiger partial charge < -0.3 is 9.64 Å². The minimum absolute atomic E-state index is 0.0525. The zero-order chi connectivity index (χ0) is 25.0. The summed E-state index contributed by atoms with van der Waals surface area (Å²) in [6.45, 7) is 4.20. The zero-order valence-corrected chi connectivity index (χ0v) is 20.7. The third-order valence-electron chi connectivity index (χ3n) is 6.70. The Kier molecular flexibility index (Phi) is 7.05. The van der Waals surface area contributed by atoms with Crippen LogP contribution in [0.15, 0.2) is 109 Å². The van der Waals surface area contributed by atoms with Gasteiger partial charge in [0, 0.05) is 18.5 Å². The summed E-state index contributed by atoms with van der Waals surface area (Å²) in [4.78, 5) is 33.1. The summed E-state index contributed by atoms with van der Waals surface area (Å²) in [5.41, 5.74) is 1.92. The molecule has 3 aromatic rings. The highest BCUT2D eigenvalue weighted by molar-refractivity contribution is 8.00. The fourth-order valence-electron chi connectivity index (χ4n) is 4.74. The SMILES string of the molecule is C=CCC1(C(=O)OC(c2ccccc2)c2ccccc2)CS[C@@H]2C(N=Cc3ccccc3)C(=O)N2C1. The number of hydrogen-bond donors (Lipinski definition) is 0. The largest absolute Gasteiger partial charge is 0.452 e. The minimum atomic E-state index is -0.853. The third kappa shape index (κ3) is 4.73. The number of aliphatic imine (C=N–C) groups is 1. The molecule has 6 heteroatoms. The number of thioether (sulfide) groups is 1. The predicted molar refractivity (Wildman–Crippen MR) is 144 cm³/mol. The quantitative estimate of drug-likeness (QED) is 0.184. The van der Waals surface area contributed by atoms with Gasteiger partial charge in [-0.15, -0.1) is 18.3 Å². The first-order valence-electron chi connectivity index (χ1n) is 12.0. The molecule has 5 rings (SSSR count). The minimum Gasteiger partial charge on any atom is -0.452 e. The summed E-state index contributed by atoms with van der Waals surface area (Å²) in [5, 5.41) is -0.0674. The number of amides is 1. The normalized spacial score (nSPS) is 23.2. The van der Waals surface area contributed by atoms with Crippen LogP contribution in [0.5, 0.6) is 0 Å². The summed E-state index contributed by atoms with van der Waals surface area (Å²) in [7, 11) is 0. The van der Waals surface area contributed by atoms with Crippen LogP contribution in [-0.2, 0) is 14.3 Å². The second-order valence-corrected chi connectivity index (χ2v) is 10.3. The van der Waals surface area contributed by atoms with Crippen LogP contribution >= 0.6 is 11.8 Å². The highest BCUT2D eigenvalue weighted by atomic mass is 32.2. The van der Waals surface area contributed by atoms with Gasteiger partial charge in [-0.05, 0) is 23.1 Å². The molecule has 2 aliphatic rings. The van der Waals surface area contributed by atoms with Crippen molar-refractivity contribution < 1.29 is 14.3 Å². The van der Waals surface area contributed by atoms with E-state index in [1.54, 1.807) is 29.0 Å². The molecular formula is C30H28N2O3S. The van der Waals surface area contributed by atoms with E-state index >= 15 is 0 Å². The fourth-order valence-corrected chi connectivity index (χ4v) is 6.28. The smallest absolute Gasteiger partial charge is 0.316 e. The highest BCUT2D eigenvalue weighted by Gasteiger charge is 2.57. The lowest BCUT2D eigenvalue weighted by molar-refractivity contribution is -0.164. The molecule has 2 aliphatic heterocycles. The predicted octanol–water partition coefficient (Wildman–Crippen LogP) is 5.28. The Labute approximate surface area is 215 Å². The van der Waals surface area contributed by atoms with Gasteiger partial charge in [-0.25, -0.2) is 0 Å². The molecule has 3 aromatic carbocycles. The van der Waals surface area contributed by atoms with Crippen molar-refractivity contribution in [1.29, 1.82) is 0 Å². The molecule has 0 aliphatic carbocycles. The number of rotatable bonds is 8. The zero-order valence-electron chi connectivity index (χ0n) is 19.9. The van der Waals surface area contributed by atoms with Crippen LogP contribution in [0.1, 0.15) is 29.2 Å². The first kappa shape index (κ1) is 24.1. The molecule has 0 saturated carbocycles. The Hall–Kier alpha value is -3.64. The number of β-lactam (4-membered cyclic amide) rings is 1. The molecule has 0 aromatic heterocycles. The Morgan fingerprint density at radius 2 is 1.61 bits per heavy atom. The van der Waals surface area contributed by atoms with Crippen molar-refractivity contribution in [1.82, 2.24) is 4.90 Å². The van der Waals surface area contributed by atoms with E-state index in [2.05, 4.69) is 11.6 Å². The highest BCUT2D eigenvalue weighted by Crippen LogP contribution is 2.46. The van der Waals surface area contributed by atoms with E-state index in [1.807, 2.05) is 91.0 Å². The van der Waals surface area contributed by atoms with Crippen LogP contribution < -0.4 is 0 Å². The summed E-state index contributed by atoms with van der Waals surface area (Å²) in [6.07, 6.45) is 3.41. The molecule has 3 atom stereocenters. The molecule has 0 N–H and O–H groups in total. The Morgan fingerprint density at radius 1 is 1.03 bits per heavy atom. The first-order chi connectivity index (χ1) is 17.6. The van der Waals surface area contributed by atoms with Crippen molar-refractivity contribution >= 4 is 29.9 Å². The van der Waals surface area contributed by atoms with Crippen LogP contribution in [-0.4, -0.2) is 46.7 Å². The van der Waals surface area contributed by atoms with Crippen molar-refractivity contribution in [2.75, 3.05) is 12.3 Å². The fraction of sp³-hybridized carbons (Fsp3) is 0.233. The first-order valence-corrected chi connectivity index (χ1v) is 13.1. The Balaban J connectivity index is 1.34. The summed E-state index contributed by atoms with van der Waals surface area (Å²) in [5.74, 6) is 0.179. The number of carbonyl (C=O) groups excluding carboxylic acids is 2. The van der Waals surface area contributed by atoms with E-state index in [0.29, 0.717) is 18.7 Å². The van der Waals surface area contributed by atoms with E-state index in [0.717, 1.165) is 16.7 Å². The Bertz CT molecular complexity index is 1210. The maximum atomic E-state index is 13.8. The number of allylic oxidation sites excluding steroid dienone is 1. The molecule has 36 heavy (non-hydrogen) atoms. The second kappa shape index (κ2) is 10.5. The van der Waals surface area contributed by atoms with Gasteiger partial charge >= 0.3 is 5.97 Å². The lowest BCUT2D eigenvalue weighted by Crippen LogP contribution is -2.68. The molecule has 5 nitrogen and oxygen atoms in total. The van der Waals surface area contributed by atoms with Gasteiger partial charge in [-0.2, -0.15) is 0 Å². The number of nitrogens with zero attached hydrogens (tertiary/aromatic N) is 2. The van der Waals surface area contributed by atoms with Crippen LogP contribution in [0.25, 0.3) is 0 Å². The lowest BCUT2D eigenvalue weighted by Gasteiger charge is -2.53. The van der Waals surface area contributed by atoms with E-state index in [4.69, 9.17) is 4.74 Å². The number of hydrogen-bond acceptors (Lipinski definition) is 5. The van der Waals surface area contributed by atoms with E-state index < -0.39 is 17.6 Å². The molecule has 0 spiro atoms. The van der Waals surface area contributed by atoms with Gasteiger partial charge in [-0.1, -0.05) is 97.1 Å². The Morgan fingerprint density at radius 3 is 2.19 bits per heavy atom. The standard InChI is InChI=1S/C30H28N2O3S/c1-2-18-30(29(34)35-26(23-14-8-4-9-15-23)24-16-10-5-11-17-24)20-32-27(33)25(28(32)36-21-30)31-19-22-12-6-3-7-13-22/h2-17,19,25-26,28H,1,18,20-21H2/t25?,28-,30?/m1/s1. The number of carbonyl (C=O) groups is 2. The van der Waals surface area contributed by atoms with Crippen LogP contribution in [0, 0.1) is 5.41 Å². The molecular weight excluding hydrogens is 468 g/mol. The van der Waals surface area contributed by atoms with Crippen molar-refractivity contribution in [3.8, 4) is 0 Å². The average Bonchev–Trinajstić information content (AvgIpc) is 2.93. The third-order valence-corrected chi connectivity index (χ3v) is 8.27. The molecule has 0 bridgehead atoms. The van der Waals surface area contributed by atoms with E-state index in [9.17, 15) is 9.59 Å². The van der Waals surface area contributed by atoms with E-state index in [1.165, 1.54) is 0 Å². The summed E-state index contributed by atoms with van der Waals surface area (Å²) < 4.78 is 6.23. The van der Waals surface area contributed by atoms with Gasteiger partial charge in [0.2, 0.25) is 0 Å². The molecule has 182 valence electrons. The van der Waals surface area contributed by atoms with E-state index in [-0.39, 0.29) is 17.3 Å². The monoisotopic (exact) mass is 496 g/mol. The van der Waals surface area contributed by atoms with Gasteiger partial charge in [0.15, 0.2) is 12.1 Å². The number of esters is 1. The lowest BCUT2D eigenvalue weighted by atomic mass is 9.83. The van der Waals surface area contributed by atoms with Gasteiger partial charge in [0.25, 0.3) is 5.91 Å². The van der Waals surface area contributed by atoms with Crippen molar-refractivity contribution in [3.05, 3.63) is 120 Å². The topological polar surface area (TPSA) is 59.0 Å². The summed E-state index contributed by atoms with van der Waals surface area (Å²) in [6, 6.07) is 28.8. The van der Waals surface area contributed by atoms with Crippen molar-refractivity contribution in [3.63, 3.8) is 0 Å². The number of fused-ring (bicyclic) bond motifs is 1. The molecule has 1 amide bonds. The van der Waals surface area contributed by atoms with Crippen LogP contribution in [0.2, 0.25) is 0 Å². The number of ether oxygens (including phenoxy) is 1. The van der Waals surface area contributed by atoms with Crippen molar-refractivity contribution in [2.45, 2.75) is 23.9 Å². The second-order valence-electron chi connectivity index (χ2n) is 9.18. The number of benzene rings is 3.